The summed E-state index contributed by atoms with van der Waals surface area (Å²) in [5.41, 5.74) is 7.44. The first-order valence-electron chi connectivity index (χ1n) is 12.7. The fraction of sp³-hybridized carbons (Fsp3) is 0. The van der Waals surface area contributed by atoms with Gasteiger partial charge in [0.15, 0.2) is 0 Å². The van der Waals surface area contributed by atoms with Crippen LogP contribution in [0.25, 0.3) is 65.7 Å². The standard InChI is InChI=1S/C36H22N2/c37-23-26-22-25(20-21-38-26)27-18-19-34(29-13-5-4-12-28(27)29)36-32-16-8-6-14-30(32)35(24-10-2-1-3-11-24)31-15-7-9-17-33(31)36/h1-22H. The Bertz CT molecular complexity index is 1970. The molecular weight excluding hydrogens is 460 g/mol. The third-order valence-electron chi connectivity index (χ3n) is 7.37. The van der Waals surface area contributed by atoms with Crippen molar-refractivity contribution < 1.29 is 0 Å². The van der Waals surface area contributed by atoms with Crippen molar-refractivity contribution in [3.8, 4) is 39.4 Å². The number of pyridine rings is 1. The molecule has 0 saturated carbocycles. The molecule has 0 spiro atoms. The second-order valence-electron chi connectivity index (χ2n) is 9.46. The van der Waals surface area contributed by atoms with Crippen LogP contribution in [-0.2, 0) is 0 Å². The van der Waals surface area contributed by atoms with Gasteiger partial charge in [-0.2, -0.15) is 5.26 Å². The Morgan fingerprint density at radius 3 is 1.55 bits per heavy atom. The predicted molar refractivity (Wildman–Crippen MR) is 158 cm³/mol. The van der Waals surface area contributed by atoms with Gasteiger partial charge in [-0.15, -0.1) is 0 Å². The first-order chi connectivity index (χ1) is 18.8. The maximum atomic E-state index is 9.41. The smallest absolute Gasteiger partial charge is 0.141 e. The van der Waals surface area contributed by atoms with E-state index in [9.17, 15) is 5.26 Å². The molecule has 176 valence electrons. The van der Waals surface area contributed by atoms with Crippen LogP contribution in [0.3, 0.4) is 0 Å². The summed E-state index contributed by atoms with van der Waals surface area (Å²) in [7, 11) is 0. The molecule has 0 N–H and O–H groups in total. The number of rotatable bonds is 3. The van der Waals surface area contributed by atoms with Crippen LogP contribution in [0.2, 0.25) is 0 Å². The van der Waals surface area contributed by atoms with Gasteiger partial charge < -0.3 is 0 Å². The van der Waals surface area contributed by atoms with Crippen LogP contribution in [0, 0.1) is 11.3 Å². The second kappa shape index (κ2) is 9.00. The number of benzene rings is 6. The van der Waals surface area contributed by atoms with Gasteiger partial charge in [0.25, 0.3) is 0 Å². The van der Waals surface area contributed by atoms with Gasteiger partial charge in [0.2, 0.25) is 0 Å². The lowest BCUT2D eigenvalue weighted by Crippen LogP contribution is -1.92. The molecule has 0 aliphatic heterocycles. The normalized spacial score (nSPS) is 11.1. The topological polar surface area (TPSA) is 36.7 Å². The fourth-order valence-corrected chi connectivity index (χ4v) is 5.76. The van der Waals surface area contributed by atoms with Crippen molar-refractivity contribution in [2.75, 3.05) is 0 Å². The molecule has 1 aromatic heterocycles. The lowest BCUT2D eigenvalue weighted by Gasteiger charge is -2.19. The third-order valence-corrected chi connectivity index (χ3v) is 7.37. The van der Waals surface area contributed by atoms with E-state index in [2.05, 4.69) is 126 Å². The average Bonchev–Trinajstić information content (AvgIpc) is 3.00. The van der Waals surface area contributed by atoms with E-state index in [-0.39, 0.29) is 0 Å². The van der Waals surface area contributed by atoms with E-state index in [0.29, 0.717) is 5.69 Å². The molecular formula is C36H22N2. The Morgan fingerprint density at radius 1 is 0.447 bits per heavy atom. The van der Waals surface area contributed by atoms with Crippen molar-refractivity contribution in [3.05, 3.63) is 139 Å². The first kappa shape index (κ1) is 22.0. The van der Waals surface area contributed by atoms with Crippen LogP contribution >= 0.6 is 0 Å². The van der Waals surface area contributed by atoms with Crippen molar-refractivity contribution in [1.82, 2.24) is 4.98 Å². The molecule has 0 radical (unpaired) electrons. The quantitative estimate of drug-likeness (QED) is 0.235. The summed E-state index contributed by atoms with van der Waals surface area (Å²) in [6, 6.07) is 47.1. The minimum absolute atomic E-state index is 0.421. The second-order valence-corrected chi connectivity index (χ2v) is 9.46. The maximum Gasteiger partial charge on any atom is 0.141 e. The minimum atomic E-state index is 0.421. The molecule has 0 saturated heterocycles. The van der Waals surface area contributed by atoms with Crippen LogP contribution in [0.4, 0.5) is 0 Å². The molecule has 0 aliphatic rings. The van der Waals surface area contributed by atoms with Gasteiger partial charge in [-0.05, 0) is 77.8 Å². The molecule has 1 heterocycles. The summed E-state index contributed by atoms with van der Waals surface area (Å²) < 4.78 is 0. The lowest BCUT2D eigenvalue weighted by atomic mass is 9.84. The highest BCUT2D eigenvalue weighted by Crippen LogP contribution is 2.46. The maximum absolute atomic E-state index is 9.41. The third kappa shape index (κ3) is 3.45. The molecule has 0 aliphatic carbocycles. The van der Waals surface area contributed by atoms with Crippen LogP contribution in [-0.4, -0.2) is 4.98 Å². The van der Waals surface area contributed by atoms with Crippen molar-refractivity contribution in [1.29, 1.82) is 5.26 Å². The Labute approximate surface area is 221 Å². The van der Waals surface area contributed by atoms with E-state index in [1.165, 1.54) is 49.2 Å². The minimum Gasteiger partial charge on any atom is -0.246 e. The summed E-state index contributed by atoms with van der Waals surface area (Å²) in [5.74, 6) is 0. The molecule has 0 atom stereocenters. The number of fused-ring (bicyclic) bond motifs is 3. The van der Waals surface area contributed by atoms with Gasteiger partial charge in [0.1, 0.15) is 11.8 Å². The lowest BCUT2D eigenvalue weighted by molar-refractivity contribution is 1.27. The largest absolute Gasteiger partial charge is 0.246 e. The summed E-state index contributed by atoms with van der Waals surface area (Å²) in [6.07, 6.45) is 1.71. The van der Waals surface area contributed by atoms with Crippen LogP contribution in [0.5, 0.6) is 0 Å². The zero-order valence-electron chi connectivity index (χ0n) is 20.6. The molecule has 0 bridgehead atoms. The monoisotopic (exact) mass is 482 g/mol. The first-order valence-corrected chi connectivity index (χ1v) is 12.7. The number of hydrogen-bond acceptors (Lipinski definition) is 2. The van der Waals surface area contributed by atoms with Crippen LogP contribution in [0.15, 0.2) is 134 Å². The number of nitriles is 1. The molecule has 0 fully saturated rings. The van der Waals surface area contributed by atoms with E-state index in [0.717, 1.165) is 16.5 Å². The molecule has 2 nitrogen and oxygen atoms in total. The summed E-state index contributed by atoms with van der Waals surface area (Å²) in [5, 5.41) is 16.7. The molecule has 7 aromatic rings. The average molecular weight is 483 g/mol. The van der Waals surface area contributed by atoms with Crippen molar-refractivity contribution in [2.45, 2.75) is 0 Å². The van der Waals surface area contributed by atoms with E-state index in [4.69, 9.17) is 0 Å². The molecule has 0 amide bonds. The van der Waals surface area contributed by atoms with Crippen LogP contribution in [0.1, 0.15) is 5.69 Å². The Morgan fingerprint density at radius 2 is 0.947 bits per heavy atom. The van der Waals surface area contributed by atoms with Gasteiger partial charge >= 0.3 is 0 Å². The molecule has 6 aromatic carbocycles. The SMILES string of the molecule is N#Cc1cc(-c2ccc(-c3c4ccccc4c(-c4ccccc4)c4ccccc34)c3ccccc23)ccn1. The molecule has 2 heteroatoms. The summed E-state index contributed by atoms with van der Waals surface area (Å²) in [6.45, 7) is 0. The Balaban J connectivity index is 1.60. The van der Waals surface area contributed by atoms with Gasteiger partial charge in [-0.25, -0.2) is 4.98 Å². The summed E-state index contributed by atoms with van der Waals surface area (Å²) >= 11 is 0. The number of aromatic nitrogens is 1. The predicted octanol–water partition coefficient (Wildman–Crippen LogP) is 9.41. The fourth-order valence-electron chi connectivity index (χ4n) is 5.76. The Hall–Kier alpha value is -5.26. The van der Waals surface area contributed by atoms with Gasteiger partial charge in [-0.3, -0.25) is 0 Å². The van der Waals surface area contributed by atoms with Gasteiger partial charge in [0.05, 0.1) is 0 Å². The highest BCUT2D eigenvalue weighted by Gasteiger charge is 2.18. The Kier molecular flexibility index (Phi) is 5.20. The van der Waals surface area contributed by atoms with Crippen LogP contribution < -0.4 is 0 Å². The highest BCUT2D eigenvalue weighted by molar-refractivity contribution is 6.24. The zero-order valence-corrected chi connectivity index (χ0v) is 20.6. The van der Waals surface area contributed by atoms with E-state index < -0.39 is 0 Å². The van der Waals surface area contributed by atoms with Crippen molar-refractivity contribution >= 4 is 32.3 Å². The van der Waals surface area contributed by atoms with Gasteiger partial charge in [-0.1, -0.05) is 115 Å². The van der Waals surface area contributed by atoms with E-state index >= 15 is 0 Å². The number of hydrogen-bond donors (Lipinski definition) is 0. The van der Waals surface area contributed by atoms with Crippen molar-refractivity contribution in [2.24, 2.45) is 0 Å². The highest BCUT2D eigenvalue weighted by atomic mass is 14.7. The molecule has 7 rings (SSSR count). The molecule has 38 heavy (non-hydrogen) atoms. The van der Waals surface area contributed by atoms with Crippen molar-refractivity contribution in [3.63, 3.8) is 0 Å². The van der Waals surface area contributed by atoms with E-state index in [1.54, 1.807) is 6.20 Å². The number of nitrogens with zero attached hydrogens (tertiary/aromatic N) is 2. The molecule has 0 unspecified atom stereocenters. The summed E-state index contributed by atoms with van der Waals surface area (Å²) in [4.78, 5) is 4.17. The van der Waals surface area contributed by atoms with E-state index in [1.807, 2.05) is 12.1 Å². The zero-order chi connectivity index (χ0) is 25.5. The van der Waals surface area contributed by atoms with Gasteiger partial charge in [0, 0.05) is 6.20 Å².